The first-order valence-corrected chi connectivity index (χ1v) is 10.0. The number of ether oxygens (including phenoxy) is 1. The van der Waals surface area contributed by atoms with Gasteiger partial charge >= 0.3 is 0 Å². The van der Waals surface area contributed by atoms with Gasteiger partial charge in [0.25, 0.3) is 5.69 Å². The Labute approximate surface area is 180 Å². The molecule has 4 aromatic carbocycles. The molecule has 0 amide bonds. The van der Waals surface area contributed by atoms with Gasteiger partial charge < -0.3 is 4.74 Å². The van der Waals surface area contributed by atoms with Gasteiger partial charge in [-0.25, -0.2) is 0 Å². The summed E-state index contributed by atoms with van der Waals surface area (Å²) in [7, 11) is 0. The number of non-ortho nitro benzene ring substituents is 1. The van der Waals surface area contributed by atoms with E-state index >= 15 is 0 Å². The largest absolute Gasteiger partial charge is 0.488 e. The van der Waals surface area contributed by atoms with Gasteiger partial charge in [0, 0.05) is 23.9 Å². The second-order valence-electron chi connectivity index (χ2n) is 7.46. The molecule has 4 rings (SSSR count). The van der Waals surface area contributed by atoms with Crippen LogP contribution < -0.4 is 4.74 Å². The number of benzene rings is 4. The third-order valence-electron chi connectivity index (χ3n) is 5.16. The highest BCUT2D eigenvalue weighted by Gasteiger charge is 2.09. The number of nitro benzene ring substituents is 1. The van der Waals surface area contributed by atoms with Crippen LogP contribution >= 0.6 is 0 Å². The van der Waals surface area contributed by atoms with Crippen molar-refractivity contribution in [1.82, 2.24) is 0 Å². The summed E-state index contributed by atoms with van der Waals surface area (Å²) >= 11 is 0. The molecular formula is C26H22N2O3. The van der Waals surface area contributed by atoms with Gasteiger partial charge in [0.2, 0.25) is 0 Å². The second-order valence-corrected chi connectivity index (χ2v) is 7.46. The molecule has 0 unspecified atom stereocenters. The van der Waals surface area contributed by atoms with Gasteiger partial charge in [0.1, 0.15) is 12.4 Å². The molecule has 0 aliphatic carbocycles. The summed E-state index contributed by atoms with van der Waals surface area (Å²) < 4.78 is 6.11. The molecule has 0 fully saturated rings. The summed E-state index contributed by atoms with van der Waals surface area (Å²) in [5.41, 5.74) is 5.06. The van der Waals surface area contributed by atoms with E-state index in [0.29, 0.717) is 12.4 Å². The van der Waals surface area contributed by atoms with Crippen molar-refractivity contribution in [3.63, 3.8) is 0 Å². The molecule has 5 nitrogen and oxygen atoms in total. The number of aliphatic imine (C=N–C) groups is 1. The molecule has 4 aromatic rings. The van der Waals surface area contributed by atoms with Crippen molar-refractivity contribution in [2.45, 2.75) is 20.5 Å². The zero-order chi connectivity index (χ0) is 21.8. The molecule has 0 radical (unpaired) electrons. The predicted octanol–water partition coefficient (Wildman–Crippen LogP) is 6.69. The average molecular weight is 410 g/mol. The van der Waals surface area contributed by atoms with E-state index in [1.807, 2.05) is 36.5 Å². The molecule has 0 spiro atoms. The van der Waals surface area contributed by atoms with E-state index in [2.05, 4.69) is 38.1 Å². The van der Waals surface area contributed by atoms with Gasteiger partial charge in [-0.15, -0.1) is 0 Å². The molecule has 31 heavy (non-hydrogen) atoms. The quantitative estimate of drug-likeness (QED) is 0.202. The predicted molar refractivity (Wildman–Crippen MR) is 125 cm³/mol. The zero-order valence-electron chi connectivity index (χ0n) is 17.4. The van der Waals surface area contributed by atoms with Crippen molar-refractivity contribution in [3.8, 4) is 5.75 Å². The molecule has 0 aliphatic rings. The normalized spacial score (nSPS) is 11.2. The molecule has 0 aliphatic heterocycles. The third-order valence-corrected chi connectivity index (χ3v) is 5.16. The minimum absolute atomic E-state index is 0.0655. The summed E-state index contributed by atoms with van der Waals surface area (Å²) in [6.07, 6.45) is 1.85. The highest BCUT2D eigenvalue weighted by Crippen LogP contribution is 2.29. The Morgan fingerprint density at radius 2 is 1.74 bits per heavy atom. The molecule has 0 saturated heterocycles. The number of aryl methyl sites for hydroxylation is 2. The van der Waals surface area contributed by atoms with Crippen LogP contribution in [-0.4, -0.2) is 11.1 Å². The fourth-order valence-corrected chi connectivity index (χ4v) is 3.49. The van der Waals surface area contributed by atoms with Crippen LogP contribution in [0, 0.1) is 24.0 Å². The van der Waals surface area contributed by atoms with E-state index in [0.717, 1.165) is 33.2 Å². The first-order valence-electron chi connectivity index (χ1n) is 10.0. The number of rotatable bonds is 6. The average Bonchev–Trinajstić information content (AvgIpc) is 2.77. The number of nitrogens with zero attached hydrogens (tertiary/aromatic N) is 2. The van der Waals surface area contributed by atoms with Gasteiger partial charge in [-0.2, -0.15) is 0 Å². The Kier molecular flexibility index (Phi) is 5.76. The lowest BCUT2D eigenvalue weighted by Crippen LogP contribution is -1.99. The Balaban J connectivity index is 1.66. The van der Waals surface area contributed by atoms with Crippen molar-refractivity contribution in [2.75, 3.05) is 0 Å². The zero-order valence-corrected chi connectivity index (χ0v) is 17.4. The summed E-state index contributed by atoms with van der Waals surface area (Å²) in [5.74, 6) is 0.713. The highest BCUT2D eigenvalue weighted by atomic mass is 16.6. The van der Waals surface area contributed by atoms with Crippen LogP contribution in [-0.2, 0) is 6.61 Å². The lowest BCUT2D eigenvalue weighted by Gasteiger charge is -2.12. The van der Waals surface area contributed by atoms with E-state index < -0.39 is 4.92 Å². The minimum Gasteiger partial charge on any atom is -0.488 e. The molecule has 0 heterocycles. The van der Waals surface area contributed by atoms with Crippen LogP contribution in [0.1, 0.15) is 22.3 Å². The van der Waals surface area contributed by atoms with E-state index in [1.165, 1.54) is 17.7 Å². The molecule has 0 aromatic heterocycles. The van der Waals surface area contributed by atoms with Gasteiger partial charge in [-0.05, 0) is 60.0 Å². The van der Waals surface area contributed by atoms with Crippen LogP contribution in [0.15, 0.2) is 83.9 Å². The Morgan fingerprint density at radius 3 is 2.48 bits per heavy atom. The van der Waals surface area contributed by atoms with Crippen molar-refractivity contribution in [1.29, 1.82) is 0 Å². The molecule has 0 saturated carbocycles. The van der Waals surface area contributed by atoms with Crippen molar-refractivity contribution in [2.24, 2.45) is 4.99 Å². The van der Waals surface area contributed by atoms with Gasteiger partial charge in [-0.3, -0.25) is 15.1 Å². The monoisotopic (exact) mass is 410 g/mol. The Hall–Kier alpha value is -3.99. The summed E-state index contributed by atoms with van der Waals surface area (Å²) in [6, 6.07) is 24.7. The second kappa shape index (κ2) is 8.79. The summed E-state index contributed by atoms with van der Waals surface area (Å²) in [5, 5.41) is 13.0. The lowest BCUT2D eigenvalue weighted by atomic mass is 10.0. The molecular weight excluding hydrogens is 388 g/mol. The van der Waals surface area contributed by atoms with Gasteiger partial charge in [0.05, 0.1) is 10.6 Å². The Morgan fingerprint density at radius 1 is 0.968 bits per heavy atom. The van der Waals surface area contributed by atoms with Gasteiger partial charge in [-0.1, -0.05) is 48.0 Å². The molecule has 0 N–H and O–H groups in total. The number of nitro groups is 1. The minimum atomic E-state index is -0.407. The van der Waals surface area contributed by atoms with Crippen LogP contribution in [0.5, 0.6) is 5.75 Å². The van der Waals surface area contributed by atoms with Crippen LogP contribution in [0.25, 0.3) is 10.8 Å². The highest BCUT2D eigenvalue weighted by molar-refractivity contribution is 6.03. The first kappa shape index (κ1) is 20.3. The first-order chi connectivity index (χ1) is 15.0. The van der Waals surface area contributed by atoms with E-state index in [9.17, 15) is 10.1 Å². The molecule has 5 heteroatoms. The smallest absolute Gasteiger partial charge is 0.269 e. The molecule has 154 valence electrons. The van der Waals surface area contributed by atoms with E-state index in [-0.39, 0.29) is 5.69 Å². The van der Waals surface area contributed by atoms with Crippen LogP contribution in [0.3, 0.4) is 0 Å². The van der Waals surface area contributed by atoms with Crippen molar-refractivity contribution < 1.29 is 9.66 Å². The van der Waals surface area contributed by atoms with E-state index in [1.54, 1.807) is 12.1 Å². The lowest BCUT2D eigenvalue weighted by molar-refractivity contribution is -0.384. The fourth-order valence-electron chi connectivity index (χ4n) is 3.49. The molecule has 0 atom stereocenters. The van der Waals surface area contributed by atoms with Crippen LogP contribution in [0.2, 0.25) is 0 Å². The standard InChI is InChI=1S/C26H22N2O3/c1-18-7-13-25(19(2)15-18)27-16-24-23-6-4-3-5-21(23)10-14-26(24)31-17-20-8-11-22(12-9-20)28(29)30/h3-16H,17H2,1-2H3. The topological polar surface area (TPSA) is 64.7 Å². The SMILES string of the molecule is Cc1ccc(N=Cc2c(OCc3ccc([N+](=O)[O-])cc3)ccc3ccccc23)c(C)c1. The van der Waals surface area contributed by atoms with Crippen molar-refractivity contribution >= 4 is 28.4 Å². The maximum Gasteiger partial charge on any atom is 0.269 e. The number of fused-ring (bicyclic) bond motifs is 1. The third kappa shape index (κ3) is 4.61. The maximum absolute atomic E-state index is 10.9. The number of hydrogen-bond donors (Lipinski definition) is 0. The number of hydrogen-bond acceptors (Lipinski definition) is 4. The fraction of sp³-hybridized carbons (Fsp3) is 0.115. The Bertz CT molecular complexity index is 1280. The van der Waals surface area contributed by atoms with Gasteiger partial charge in [0.15, 0.2) is 0 Å². The van der Waals surface area contributed by atoms with Crippen LogP contribution in [0.4, 0.5) is 11.4 Å². The molecule has 0 bridgehead atoms. The maximum atomic E-state index is 10.9. The summed E-state index contributed by atoms with van der Waals surface area (Å²) in [6.45, 7) is 4.42. The van der Waals surface area contributed by atoms with E-state index in [4.69, 9.17) is 9.73 Å². The van der Waals surface area contributed by atoms with Crippen molar-refractivity contribution in [3.05, 3.63) is 111 Å². The summed E-state index contributed by atoms with van der Waals surface area (Å²) in [4.78, 5) is 15.2.